The summed E-state index contributed by atoms with van der Waals surface area (Å²) < 4.78 is 26.5. The van der Waals surface area contributed by atoms with Gasteiger partial charge in [-0.3, -0.25) is 9.59 Å². The summed E-state index contributed by atoms with van der Waals surface area (Å²) in [5.41, 5.74) is 0.634. The summed E-state index contributed by atoms with van der Waals surface area (Å²) >= 11 is 1.13. The molecule has 0 bridgehead atoms. The molecule has 0 N–H and O–H groups in total. The van der Waals surface area contributed by atoms with Crippen LogP contribution >= 0.6 is 11.3 Å². The molecular weight excluding hydrogens is 411 g/mol. The van der Waals surface area contributed by atoms with Gasteiger partial charge in [-0.25, -0.2) is 9.37 Å². The lowest BCUT2D eigenvalue weighted by atomic mass is 10.1. The summed E-state index contributed by atoms with van der Waals surface area (Å²) in [5.74, 6) is -0.833. The van der Waals surface area contributed by atoms with Gasteiger partial charge in [-0.05, 0) is 19.9 Å². The number of thiazole rings is 1. The highest BCUT2D eigenvalue weighted by atomic mass is 32.1. The highest BCUT2D eigenvalue weighted by Gasteiger charge is 2.30. The standard InChI is InChI=1S/C20H21FN4O4S/c1-10-7-25(8-11(2)28-10)17-12(9-26)5-13-16(23-29-18(13)15(17)21)19-22-6-14(30-19)20(27)24(3)4/h5-6,9-11H,7-8H2,1-4H3/t10-,11+. The Kier molecular flexibility index (Phi) is 5.29. The van der Waals surface area contributed by atoms with Gasteiger partial charge in [-0.2, -0.15) is 0 Å². The lowest BCUT2D eigenvalue weighted by Crippen LogP contribution is -2.46. The average molecular weight is 432 g/mol. The molecule has 0 saturated carbocycles. The van der Waals surface area contributed by atoms with Crippen LogP contribution < -0.4 is 4.90 Å². The first-order valence-electron chi connectivity index (χ1n) is 9.45. The van der Waals surface area contributed by atoms with Gasteiger partial charge in [0.05, 0.1) is 29.5 Å². The number of fused-ring (bicyclic) bond motifs is 1. The first-order chi connectivity index (χ1) is 14.3. The summed E-state index contributed by atoms with van der Waals surface area (Å²) in [6.45, 7) is 4.72. The fourth-order valence-corrected chi connectivity index (χ4v) is 4.61. The van der Waals surface area contributed by atoms with E-state index in [1.165, 1.54) is 11.1 Å². The van der Waals surface area contributed by atoms with Crippen LogP contribution in [0.5, 0.6) is 0 Å². The maximum atomic E-state index is 15.5. The van der Waals surface area contributed by atoms with Crippen LogP contribution in [0, 0.1) is 5.82 Å². The van der Waals surface area contributed by atoms with Crippen molar-refractivity contribution >= 4 is 40.2 Å². The van der Waals surface area contributed by atoms with E-state index in [1.807, 2.05) is 13.8 Å². The van der Waals surface area contributed by atoms with E-state index in [1.54, 1.807) is 25.1 Å². The molecule has 3 heterocycles. The molecule has 158 valence electrons. The smallest absolute Gasteiger partial charge is 0.265 e. The van der Waals surface area contributed by atoms with E-state index in [4.69, 9.17) is 9.26 Å². The van der Waals surface area contributed by atoms with Gasteiger partial charge in [-0.15, -0.1) is 11.3 Å². The van der Waals surface area contributed by atoms with Gasteiger partial charge in [0.2, 0.25) is 5.58 Å². The number of aromatic nitrogens is 2. The van der Waals surface area contributed by atoms with Crippen LogP contribution in [0.4, 0.5) is 10.1 Å². The molecule has 0 aliphatic carbocycles. The Balaban J connectivity index is 1.80. The van der Waals surface area contributed by atoms with Crippen LogP contribution in [0.3, 0.4) is 0 Å². The number of benzene rings is 1. The molecule has 0 unspecified atom stereocenters. The highest BCUT2D eigenvalue weighted by Crippen LogP contribution is 2.38. The predicted octanol–water partition coefficient (Wildman–Crippen LogP) is 3.22. The van der Waals surface area contributed by atoms with Crippen molar-refractivity contribution in [3.8, 4) is 10.7 Å². The van der Waals surface area contributed by atoms with Crippen LogP contribution in [0.2, 0.25) is 0 Å². The van der Waals surface area contributed by atoms with Crippen molar-refractivity contribution in [2.45, 2.75) is 26.1 Å². The molecule has 8 nitrogen and oxygen atoms in total. The van der Waals surface area contributed by atoms with Gasteiger partial charge in [0.15, 0.2) is 17.8 Å². The number of aldehydes is 1. The second-order valence-electron chi connectivity index (χ2n) is 7.55. The molecule has 2 aromatic heterocycles. The van der Waals surface area contributed by atoms with Crippen molar-refractivity contribution in [2.75, 3.05) is 32.1 Å². The van der Waals surface area contributed by atoms with Gasteiger partial charge >= 0.3 is 0 Å². The van der Waals surface area contributed by atoms with E-state index >= 15 is 4.39 Å². The maximum absolute atomic E-state index is 15.5. The summed E-state index contributed by atoms with van der Waals surface area (Å²) in [7, 11) is 3.29. The van der Waals surface area contributed by atoms with Gasteiger partial charge in [-0.1, -0.05) is 5.16 Å². The number of nitrogens with zero attached hydrogens (tertiary/aromatic N) is 4. The first-order valence-corrected chi connectivity index (χ1v) is 10.3. The molecule has 1 aliphatic heterocycles. The molecule has 10 heteroatoms. The number of anilines is 1. The molecule has 4 rings (SSSR count). The number of hydrogen-bond acceptors (Lipinski definition) is 8. The molecule has 1 fully saturated rings. The van der Waals surface area contributed by atoms with E-state index in [0.717, 1.165) is 11.3 Å². The lowest BCUT2D eigenvalue weighted by molar-refractivity contribution is -0.00543. The van der Waals surface area contributed by atoms with E-state index in [0.29, 0.717) is 40.3 Å². The van der Waals surface area contributed by atoms with E-state index in [2.05, 4.69) is 10.1 Å². The summed E-state index contributed by atoms with van der Waals surface area (Å²) in [4.78, 5) is 31.9. The number of ether oxygens (including phenoxy) is 1. The fourth-order valence-electron chi connectivity index (χ4n) is 3.68. The Morgan fingerprint density at radius 2 is 2.03 bits per heavy atom. The summed E-state index contributed by atoms with van der Waals surface area (Å²) in [6, 6.07) is 1.56. The number of carbonyl (C=O) groups excluding carboxylic acids is 2. The Morgan fingerprint density at radius 1 is 1.33 bits per heavy atom. The van der Waals surface area contributed by atoms with E-state index < -0.39 is 5.82 Å². The largest absolute Gasteiger partial charge is 0.372 e. The Labute approximate surface area is 176 Å². The quantitative estimate of drug-likeness (QED) is 0.585. The molecule has 3 aromatic rings. The van der Waals surface area contributed by atoms with Gasteiger partial charge in [0, 0.05) is 32.7 Å². The molecule has 0 radical (unpaired) electrons. The highest BCUT2D eigenvalue weighted by molar-refractivity contribution is 7.17. The molecular formula is C20H21FN4O4S. The zero-order valence-electron chi connectivity index (χ0n) is 17.0. The third-order valence-corrected chi connectivity index (χ3v) is 5.89. The number of carbonyl (C=O) groups is 2. The minimum absolute atomic E-state index is 0.0481. The summed E-state index contributed by atoms with van der Waals surface area (Å²) in [6.07, 6.45) is 1.88. The van der Waals surface area contributed by atoms with E-state index in [9.17, 15) is 9.59 Å². The van der Waals surface area contributed by atoms with Crippen molar-refractivity contribution in [3.63, 3.8) is 0 Å². The number of halogens is 1. The Hall–Kier alpha value is -2.85. The first kappa shape index (κ1) is 20.4. The summed E-state index contributed by atoms with van der Waals surface area (Å²) in [5, 5.41) is 4.74. The van der Waals surface area contributed by atoms with E-state index in [-0.39, 0.29) is 34.9 Å². The van der Waals surface area contributed by atoms with Crippen LogP contribution in [0.15, 0.2) is 16.8 Å². The third-order valence-electron chi connectivity index (χ3n) is 4.90. The zero-order chi connectivity index (χ0) is 21.6. The van der Waals surface area contributed by atoms with Crippen molar-refractivity contribution in [2.24, 2.45) is 0 Å². The number of hydrogen-bond donors (Lipinski definition) is 0. The fraction of sp³-hybridized carbons (Fsp3) is 0.400. The molecule has 2 atom stereocenters. The maximum Gasteiger partial charge on any atom is 0.265 e. The topological polar surface area (TPSA) is 88.8 Å². The second-order valence-corrected chi connectivity index (χ2v) is 8.58. The van der Waals surface area contributed by atoms with Gasteiger partial charge in [0.1, 0.15) is 9.88 Å². The van der Waals surface area contributed by atoms with Crippen LogP contribution in [0.1, 0.15) is 33.9 Å². The number of amides is 1. The van der Waals surface area contributed by atoms with Gasteiger partial charge < -0.3 is 19.1 Å². The van der Waals surface area contributed by atoms with Crippen molar-refractivity contribution in [1.29, 1.82) is 0 Å². The Morgan fingerprint density at radius 3 is 2.67 bits per heavy atom. The average Bonchev–Trinajstić information content (AvgIpc) is 3.33. The molecule has 1 aliphatic rings. The van der Waals surface area contributed by atoms with Crippen LogP contribution in [0.25, 0.3) is 21.7 Å². The second kappa shape index (κ2) is 7.77. The molecule has 1 saturated heterocycles. The SMILES string of the molecule is C[C@@H]1CN(c2c(C=O)cc3c(-c4ncc(C(=O)N(C)C)s4)noc3c2F)C[C@H](C)O1. The number of rotatable bonds is 4. The lowest BCUT2D eigenvalue weighted by Gasteiger charge is -2.37. The predicted molar refractivity (Wildman–Crippen MR) is 111 cm³/mol. The minimum atomic E-state index is -0.643. The van der Waals surface area contributed by atoms with Crippen molar-refractivity contribution in [3.05, 3.63) is 28.5 Å². The molecule has 0 spiro atoms. The van der Waals surface area contributed by atoms with Gasteiger partial charge in [0.25, 0.3) is 5.91 Å². The Bertz CT molecular complexity index is 1120. The van der Waals surface area contributed by atoms with Crippen molar-refractivity contribution in [1.82, 2.24) is 15.0 Å². The molecule has 1 amide bonds. The van der Waals surface area contributed by atoms with Crippen molar-refractivity contribution < 1.29 is 23.2 Å². The molecule has 30 heavy (non-hydrogen) atoms. The monoisotopic (exact) mass is 432 g/mol. The minimum Gasteiger partial charge on any atom is -0.372 e. The number of morpholine rings is 1. The zero-order valence-corrected chi connectivity index (χ0v) is 17.8. The van der Waals surface area contributed by atoms with Crippen LogP contribution in [-0.4, -0.2) is 66.6 Å². The molecule has 1 aromatic carbocycles. The normalized spacial score (nSPS) is 19.3. The van der Waals surface area contributed by atoms with Crippen LogP contribution in [-0.2, 0) is 4.74 Å². The third kappa shape index (κ3) is 3.46.